The van der Waals surface area contributed by atoms with E-state index in [1.165, 1.54) is 11.5 Å². The van der Waals surface area contributed by atoms with Crippen molar-refractivity contribution >= 4 is 22.6 Å². The minimum atomic E-state index is -0.581. The summed E-state index contributed by atoms with van der Waals surface area (Å²) in [7, 11) is 1.58. The van der Waals surface area contributed by atoms with Crippen LogP contribution in [0.3, 0.4) is 0 Å². The van der Waals surface area contributed by atoms with Gasteiger partial charge in [0.05, 0.1) is 12.0 Å². The van der Waals surface area contributed by atoms with Crippen LogP contribution in [0.1, 0.15) is 40.4 Å². The molecule has 6 heteroatoms. The largest absolute Gasteiger partial charge is 0.384 e. The Morgan fingerprint density at radius 3 is 2.39 bits per heavy atom. The molecular weight excluding hydrogens is 250 g/mol. The average molecular weight is 271 g/mol. The number of rotatable bonds is 4. The van der Waals surface area contributed by atoms with Crippen LogP contribution in [0.4, 0.5) is 5.13 Å². The Hall–Kier alpha value is -1.01. The molecule has 1 aromatic heterocycles. The van der Waals surface area contributed by atoms with Gasteiger partial charge in [-0.25, -0.2) is 4.98 Å². The van der Waals surface area contributed by atoms with Crippen molar-refractivity contribution in [3.05, 3.63) is 5.82 Å². The van der Waals surface area contributed by atoms with Gasteiger partial charge in [-0.05, 0) is 13.8 Å². The number of carbonyl (C=O) groups is 1. The number of hydrogen-bond donors (Lipinski definition) is 1. The summed E-state index contributed by atoms with van der Waals surface area (Å²) >= 11 is 1.21. The quantitative estimate of drug-likeness (QED) is 0.913. The molecule has 18 heavy (non-hydrogen) atoms. The highest BCUT2D eigenvalue weighted by Gasteiger charge is 2.29. The molecule has 0 aromatic carbocycles. The normalized spacial score (nSPS) is 12.6. The summed E-state index contributed by atoms with van der Waals surface area (Å²) in [6.07, 6.45) is 0. The second-order valence-corrected chi connectivity index (χ2v) is 6.70. The van der Waals surface area contributed by atoms with E-state index < -0.39 is 5.41 Å². The van der Waals surface area contributed by atoms with E-state index in [-0.39, 0.29) is 11.3 Å². The van der Waals surface area contributed by atoms with Crippen molar-refractivity contribution in [1.29, 1.82) is 0 Å². The molecule has 0 fully saturated rings. The number of nitrogens with one attached hydrogen (secondary N) is 1. The molecule has 102 valence electrons. The zero-order valence-electron chi connectivity index (χ0n) is 11.8. The van der Waals surface area contributed by atoms with E-state index in [4.69, 9.17) is 4.74 Å². The van der Waals surface area contributed by atoms with Gasteiger partial charge in [-0.1, -0.05) is 20.8 Å². The van der Waals surface area contributed by atoms with Gasteiger partial charge in [0.2, 0.25) is 11.0 Å². The second kappa shape index (κ2) is 5.32. The molecular formula is C12H21N3O2S. The molecule has 0 unspecified atom stereocenters. The third kappa shape index (κ3) is 3.74. The fourth-order valence-corrected chi connectivity index (χ4v) is 2.02. The van der Waals surface area contributed by atoms with Crippen molar-refractivity contribution in [2.45, 2.75) is 40.0 Å². The summed E-state index contributed by atoms with van der Waals surface area (Å²) in [5, 5.41) is 3.32. The van der Waals surface area contributed by atoms with Crippen molar-refractivity contribution in [2.24, 2.45) is 5.41 Å². The Morgan fingerprint density at radius 1 is 1.33 bits per heavy atom. The average Bonchev–Trinajstić information content (AvgIpc) is 2.65. The van der Waals surface area contributed by atoms with Gasteiger partial charge in [0, 0.05) is 24.1 Å². The number of hydrogen-bond acceptors (Lipinski definition) is 5. The molecule has 5 nitrogen and oxygen atoms in total. The predicted molar refractivity (Wildman–Crippen MR) is 72.9 cm³/mol. The van der Waals surface area contributed by atoms with Crippen LogP contribution in [-0.2, 0) is 14.9 Å². The van der Waals surface area contributed by atoms with Crippen LogP contribution >= 0.6 is 11.5 Å². The van der Waals surface area contributed by atoms with Gasteiger partial charge in [0.25, 0.3) is 0 Å². The Balaban J connectivity index is 2.74. The minimum Gasteiger partial charge on any atom is -0.384 e. The van der Waals surface area contributed by atoms with Crippen molar-refractivity contribution < 1.29 is 9.53 Å². The lowest BCUT2D eigenvalue weighted by atomic mass is 9.94. The maximum absolute atomic E-state index is 12.0. The number of ether oxygens (including phenoxy) is 1. The van der Waals surface area contributed by atoms with E-state index in [0.717, 1.165) is 5.82 Å². The van der Waals surface area contributed by atoms with Crippen molar-refractivity contribution in [1.82, 2.24) is 9.36 Å². The van der Waals surface area contributed by atoms with E-state index in [0.29, 0.717) is 11.7 Å². The molecule has 0 aliphatic heterocycles. The number of amides is 1. The monoisotopic (exact) mass is 271 g/mol. The minimum absolute atomic E-state index is 0.110. The Bertz CT molecular complexity index is 421. The molecule has 0 radical (unpaired) electrons. The van der Waals surface area contributed by atoms with Crippen LogP contribution in [0, 0.1) is 5.41 Å². The number of aromatic nitrogens is 2. The first-order chi connectivity index (χ1) is 8.16. The highest BCUT2D eigenvalue weighted by atomic mass is 32.1. The van der Waals surface area contributed by atoms with Crippen LogP contribution in [0.25, 0.3) is 0 Å². The summed E-state index contributed by atoms with van der Waals surface area (Å²) in [5.74, 6) is 0.633. The fraction of sp³-hybridized carbons (Fsp3) is 0.750. The molecule has 1 amide bonds. The van der Waals surface area contributed by atoms with E-state index >= 15 is 0 Å². The topological polar surface area (TPSA) is 64.1 Å². The van der Waals surface area contributed by atoms with E-state index in [1.807, 2.05) is 34.6 Å². The Morgan fingerprint density at radius 2 is 1.94 bits per heavy atom. The van der Waals surface area contributed by atoms with Gasteiger partial charge < -0.3 is 10.1 Å². The summed E-state index contributed by atoms with van der Waals surface area (Å²) in [6.45, 7) is 10.1. The first-order valence-corrected chi connectivity index (χ1v) is 6.59. The Kier molecular flexibility index (Phi) is 4.45. The number of nitrogens with zero attached hydrogens (tertiary/aromatic N) is 2. The molecule has 0 bridgehead atoms. The molecule has 0 aliphatic carbocycles. The maximum Gasteiger partial charge on any atom is 0.234 e. The Labute approximate surface area is 112 Å². The third-order valence-electron chi connectivity index (χ3n) is 2.44. The van der Waals surface area contributed by atoms with Crippen LogP contribution < -0.4 is 5.32 Å². The SMILES string of the molecule is COCC(C)(C)C(=O)Nc1nc(C(C)(C)C)ns1. The van der Waals surface area contributed by atoms with Crippen LogP contribution in [0.5, 0.6) is 0 Å². The van der Waals surface area contributed by atoms with Gasteiger partial charge in [-0.2, -0.15) is 4.37 Å². The summed E-state index contributed by atoms with van der Waals surface area (Å²) in [6, 6.07) is 0. The molecule has 1 N–H and O–H groups in total. The fourth-order valence-electron chi connectivity index (χ4n) is 1.27. The highest BCUT2D eigenvalue weighted by molar-refractivity contribution is 7.09. The number of carbonyl (C=O) groups excluding carboxylic acids is 1. The van der Waals surface area contributed by atoms with Gasteiger partial charge in [-0.15, -0.1) is 0 Å². The lowest BCUT2D eigenvalue weighted by Crippen LogP contribution is -2.34. The molecule has 0 aliphatic rings. The number of methoxy groups -OCH3 is 1. The van der Waals surface area contributed by atoms with E-state index in [9.17, 15) is 4.79 Å². The van der Waals surface area contributed by atoms with Gasteiger partial charge >= 0.3 is 0 Å². The van der Waals surface area contributed by atoms with Gasteiger partial charge in [0.15, 0.2) is 0 Å². The molecule has 1 rings (SSSR count). The molecule has 0 saturated heterocycles. The van der Waals surface area contributed by atoms with Crippen LogP contribution in [0.2, 0.25) is 0 Å². The zero-order chi connectivity index (χ0) is 14.0. The lowest BCUT2D eigenvalue weighted by Gasteiger charge is -2.21. The zero-order valence-corrected chi connectivity index (χ0v) is 12.6. The second-order valence-electron chi connectivity index (χ2n) is 5.94. The highest BCUT2D eigenvalue weighted by Crippen LogP contribution is 2.24. The van der Waals surface area contributed by atoms with Crippen molar-refractivity contribution in [2.75, 3.05) is 19.0 Å². The van der Waals surface area contributed by atoms with E-state index in [2.05, 4.69) is 14.7 Å². The molecule has 0 atom stereocenters. The lowest BCUT2D eigenvalue weighted by molar-refractivity contribution is -0.126. The van der Waals surface area contributed by atoms with Gasteiger partial charge in [-0.3, -0.25) is 4.79 Å². The maximum atomic E-state index is 12.0. The van der Waals surface area contributed by atoms with E-state index in [1.54, 1.807) is 7.11 Å². The molecule has 0 spiro atoms. The summed E-state index contributed by atoms with van der Waals surface area (Å²) < 4.78 is 9.28. The smallest absolute Gasteiger partial charge is 0.234 e. The summed E-state index contributed by atoms with van der Waals surface area (Å²) in [4.78, 5) is 16.4. The molecule has 1 aromatic rings. The first kappa shape index (κ1) is 15.0. The third-order valence-corrected chi connectivity index (χ3v) is 3.07. The first-order valence-electron chi connectivity index (χ1n) is 5.81. The van der Waals surface area contributed by atoms with Crippen molar-refractivity contribution in [3.8, 4) is 0 Å². The van der Waals surface area contributed by atoms with Gasteiger partial charge in [0.1, 0.15) is 5.82 Å². The molecule has 0 saturated carbocycles. The van der Waals surface area contributed by atoms with Crippen LogP contribution in [-0.4, -0.2) is 29.0 Å². The predicted octanol–water partition coefficient (Wildman–Crippen LogP) is 2.45. The molecule has 1 heterocycles. The number of anilines is 1. The standard InChI is InChI=1S/C12H21N3O2S/c1-11(2,3)8-13-10(18-15-8)14-9(16)12(4,5)7-17-6/h7H2,1-6H3,(H,13,14,15,16). The summed E-state index contributed by atoms with van der Waals surface area (Å²) in [5.41, 5.74) is -0.691. The van der Waals surface area contributed by atoms with Crippen LogP contribution in [0.15, 0.2) is 0 Å². The van der Waals surface area contributed by atoms with Crippen molar-refractivity contribution in [3.63, 3.8) is 0 Å².